The van der Waals surface area contributed by atoms with Crippen molar-refractivity contribution in [3.05, 3.63) is 29.8 Å². The maximum Gasteiger partial charge on any atom is 0.225 e. The normalized spacial score (nSPS) is 23.5. The van der Waals surface area contributed by atoms with E-state index in [4.69, 9.17) is 4.74 Å². The molecule has 2 aliphatic heterocycles. The van der Waals surface area contributed by atoms with Gasteiger partial charge in [0.25, 0.3) is 0 Å². The van der Waals surface area contributed by atoms with Gasteiger partial charge in [-0.25, -0.2) is 0 Å². The van der Waals surface area contributed by atoms with Gasteiger partial charge in [0.15, 0.2) is 5.96 Å². The second-order valence-electron chi connectivity index (χ2n) is 9.38. The Morgan fingerprint density at radius 1 is 1.09 bits per heavy atom. The molecule has 0 aromatic heterocycles. The van der Waals surface area contributed by atoms with Crippen LogP contribution in [0.5, 0.6) is 5.75 Å². The predicted molar refractivity (Wildman–Crippen MR) is 128 cm³/mol. The van der Waals surface area contributed by atoms with Crippen molar-refractivity contribution in [2.45, 2.75) is 57.0 Å². The van der Waals surface area contributed by atoms with Gasteiger partial charge in [0.1, 0.15) is 5.75 Å². The van der Waals surface area contributed by atoms with Crippen LogP contribution in [0.3, 0.4) is 0 Å². The molecule has 2 saturated heterocycles. The number of hydrogen-bond acceptors (Lipinski definition) is 4. The number of likely N-dealkylation sites (tertiary alicyclic amines) is 2. The van der Waals surface area contributed by atoms with Gasteiger partial charge >= 0.3 is 0 Å². The lowest BCUT2D eigenvalue weighted by Gasteiger charge is -2.29. The number of carbonyl (C=O) groups excluding carboxylic acids is 1. The van der Waals surface area contributed by atoms with Crippen molar-refractivity contribution in [2.75, 3.05) is 46.9 Å². The van der Waals surface area contributed by atoms with Crippen LogP contribution in [0.2, 0.25) is 0 Å². The number of rotatable bonds is 7. The zero-order valence-corrected chi connectivity index (χ0v) is 19.7. The van der Waals surface area contributed by atoms with E-state index in [9.17, 15) is 4.79 Å². The molecule has 7 heteroatoms. The van der Waals surface area contributed by atoms with E-state index in [0.29, 0.717) is 11.9 Å². The van der Waals surface area contributed by atoms with E-state index in [2.05, 4.69) is 37.6 Å². The minimum absolute atomic E-state index is 0.261. The van der Waals surface area contributed by atoms with E-state index in [1.807, 2.05) is 19.2 Å². The number of carbonyl (C=O) groups is 1. The molecule has 4 rings (SSSR count). The van der Waals surface area contributed by atoms with Crippen molar-refractivity contribution < 1.29 is 9.53 Å². The maximum atomic E-state index is 12.8. The molecule has 3 aliphatic rings. The van der Waals surface area contributed by atoms with Crippen molar-refractivity contribution in [2.24, 2.45) is 10.9 Å². The van der Waals surface area contributed by atoms with Gasteiger partial charge in [-0.3, -0.25) is 14.7 Å². The Labute approximate surface area is 192 Å². The van der Waals surface area contributed by atoms with Gasteiger partial charge in [0.2, 0.25) is 5.91 Å². The largest absolute Gasteiger partial charge is 0.497 e. The van der Waals surface area contributed by atoms with Crippen LogP contribution < -0.4 is 15.4 Å². The monoisotopic (exact) mass is 441 g/mol. The minimum atomic E-state index is 0.261. The molecule has 7 nitrogen and oxygen atoms in total. The van der Waals surface area contributed by atoms with Crippen LogP contribution in [0.15, 0.2) is 29.3 Å². The van der Waals surface area contributed by atoms with Crippen LogP contribution >= 0.6 is 0 Å². The molecule has 2 heterocycles. The Morgan fingerprint density at radius 2 is 1.81 bits per heavy atom. The highest BCUT2D eigenvalue weighted by Crippen LogP contribution is 2.28. The van der Waals surface area contributed by atoms with Gasteiger partial charge in [-0.05, 0) is 62.9 Å². The first kappa shape index (κ1) is 22.9. The van der Waals surface area contributed by atoms with Gasteiger partial charge < -0.3 is 20.3 Å². The van der Waals surface area contributed by atoms with Gasteiger partial charge in [0.05, 0.1) is 13.2 Å². The Kier molecular flexibility index (Phi) is 7.90. The van der Waals surface area contributed by atoms with Crippen LogP contribution in [0.25, 0.3) is 0 Å². The molecule has 0 spiro atoms. The Morgan fingerprint density at radius 3 is 2.47 bits per heavy atom. The molecular formula is C25H39N5O2. The molecule has 2 N–H and O–H groups in total. The summed E-state index contributed by atoms with van der Waals surface area (Å²) in [5.41, 5.74) is 1.30. The number of hydrogen-bond donors (Lipinski definition) is 2. The van der Waals surface area contributed by atoms with Gasteiger partial charge in [-0.15, -0.1) is 0 Å². The van der Waals surface area contributed by atoms with E-state index in [0.717, 1.165) is 63.7 Å². The number of nitrogens with zero attached hydrogens (tertiary/aromatic N) is 3. The number of guanidine groups is 1. The van der Waals surface area contributed by atoms with E-state index in [1.165, 1.54) is 31.2 Å². The number of aliphatic imine (C=N–C) groups is 1. The fraction of sp³-hybridized carbons (Fsp3) is 0.680. The first-order valence-corrected chi connectivity index (χ1v) is 12.3. The van der Waals surface area contributed by atoms with Crippen LogP contribution in [0.4, 0.5) is 0 Å². The fourth-order valence-electron chi connectivity index (χ4n) is 5.43. The van der Waals surface area contributed by atoms with Crippen molar-refractivity contribution in [1.82, 2.24) is 20.4 Å². The van der Waals surface area contributed by atoms with E-state index >= 15 is 0 Å². The third kappa shape index (κ3) is 5.55. The molecule has 1 aliphatic carbocycles. The summed E-state index contributed by atoms with van der Waals surface area (Å²) in [5, 5.41) is 7.13. The average Bonchev–Trinajstić information content (AvgIpc) is 3.61. The quantitative estimate of drug-likeness (QED) is 0.503. The molecule has 1 amide bonds. The molecule has 0 bridgehead atoms. The molecule has 1 aromatic carbocycles. The molecule has 2 atom stereocenters. The Bertz CT molecular complexity index is 769. The molecule has 1 aromatic rings. The first-order valence-electron chi connectivity index (χ1n) is 12.3. The highest BCUT2D eigenvalue weighted by atomic mass is 16.5. The third-order valence-electron chi connectivity index (χ3n) is 7.31. The number of ether oxygens (including phenoxy) is 1. The molecule has 1 saturated carbocycles. The summed E-state index contributed by atoms with van der Waals surface area (Å²) in [6, 6.07) is 8.98. The summed E-state index contributed by atoms with van der Waals surface area (Å²) in [6.45, 7) is 4.69. The fourth-order valence-corrected chi connectivity index (χ4v) is 5.43. The standard InChI is InChI=1S/C25H39N5O2/c1-26-25(28-21-13-16-30(18-21)24(31)20-7-3-4-8-20)27-17-23(29-14-5-6-15-29)19-9-11-22(32-2)12-10-19/h9-12,20-21,23H,3-8,13-18H2,1-2H3,(H2,26,27,28). The van der Waals surface area contributed by atoms with Gasteiger partial charge in [0, 0.05) is 38.6 Å². The molecule has 3 fully saturated rings. The van der Waals surface area contributed by atoms with E-state index in [-0.39, 0.29) is 12.0 Å². The smallest absolute Gasteiger partial charge is 0.225 e. The van der Waals surface area contributed by atoms with Crippen LogP contribution in [0, 0.1) is 5.92 Å². The number of methoxy groups -OCH3 is 1. The lowest BCUT2D eigenvalue weighted by atomic mass is 10.1. The van der Waals surface area contributed by atoms with Crippen LogP contribution in [0.1, 0.15) is 56.6 Å². The van der Waals surface area contributed by atoms with E-state index < -0.39 is 0 Å². The molecular weight excluding hydrogens is 402 g/mol. The average molecular weight is 442 g/mol. The lowest BCUT2D eigenvalue weighted by molar-refractivity contribution is -0.134. The SMILES string of the molecule is CN=C(NCC(c1ccc(OC)cc1)N1CCCC1)NC1CCN(C(=O)C2CCCC2)C1. The number of amides is 1. The summed E-state index contributed by atoms with van der Waals surface area (Å²) >= 11 is 0. The Hall–Kier alpha value is -2.28. The van der Waals surface area contributed by atoms with Crippen molar-refractivity contribution in [3.63, 3.8) is 0 Å². The van der Waals surface area contributed by atoms with Crippen molar-refractivity contribution in [1.29, 1.82) is 0 Å². The topological polar surface area (TPSA) is 69.2 Å². The summed E-state index contributed by atoms with van der Waals surface area (Å²) in [5.74, 6) is 2.33. The van der Waals surface area contributed by atoms with Gasteiger partial charge in [-0.2, -0.15) is 0 Å². The van der Waals surface area contributed by atoms with E-state index in [1.54, 1.807) is 7.11 Å². The zero-order chi connectivity index (χ0) is 22.3. The highest BCUT2D eigenvalue weighted by molar-refractivity contribution is 5.81. The van der Waals surface area contributed by atoms with Crippen molar-refractivity contribution >= 4 is 11.9 Å². The summed E-state index contributed by atoms with van der Waals surface area (Å²) in [6.07, 6.45) is 8.04. The zero-order valence-electron chi connectivity index (χ0n) is 19.7. The number of nitrogens with one attached hydrogen (secondary N) is 2. The molecule has 2 unspecified atom stereocenters. The maximum absolute atomic E-state index is 12.8. The molecule has 32 heavy (non-hydrogen) atoms. The highest BCUT2D eigenvalue weighted by Gasteiger charge is 2.32. The van der Waals surface area contributed by atoms with Crippen molar-refractivity contribution in [3.8, 4) is 5.75 Å². The molecule has 0 radical (unpaired) electrons. The minimum Gasteiger partial charge on any atom is -0.497 e. The summed E-state index contributed by atoms with van der Waals surface area (Å²) < 4.78 is 5.34. The third-order valence-corrected chi connectivity index (χ3v) is 7.31. The first-order chi connectivity index (χ1) is 15.7. The summed E-state index contributed by atoms with van der Waals surface area (Å²) in [7, 11) is 3.53. The Balaban J connectivity index is 1.32. The molecule has 176 valence electrons. The lowest BCUT2D eigenvalue weighted by Crippen LogP contribution is -2.47. The predicted octanol–water partition coefficient (Wildman–Crippen LogP) is 2.79. The van der Waals surface area contributed by atoms with Gasteiger partial charge in [-0.1, -0.05) is 25.0 Å². The summed E-state index contributed by atoms with van der Waals surface area (Å²) in [4.78, 5) is 21.8. The van der Waals surface area contributed by atoms with Crippen LogP contribution in [-0.2, 0) is 4.79 Å². The second kappa shape index (κ2) is 11.0. The number of benzene rings is 1. The van der Waals surface area contributed by atoms with Crippen LogP contribution in [-0.4, -0.2) is 74.6 Å². The second-order valence-corrected chi connectivity index (χ2v) is 9.38.